The van der Waals surface area contributed by atoms with Crippen LogP contribution in [0.3, 0.4) is 0 Å². The van der Waals surface area contributed by atoms with Gasteiger partial charge in [-0.1, -0.05) is 25.1 Å². The summed E-state index contributed by atoms with van der Waals surface area (Å²) in [6.07, 6.45) is 1.23. The van der Waals surface area contributed by atoms with E-state index in [9.17, 15) is 9.59 Å². The van der Waals surface area contributed by atoms with Gasteiger partial charge in [-0.3, -0.25) is 9.59 Å². The van der Waals surface area contributed by atoms with Crippen molar-refractivity contribution in [2.75, 3.05) is 4.90 Å². The molecule has 140 valence electrons. The summed E-state index contributed by atoms with van der Waals surface area (Å²) < 4.78 is 0. The maximum atomic E-state index is 12.8. The minimum atomic E-state index is -0.147. The van der Waals surface area contributed by atoms with Gasteiger partial charge in [0.2, 0.25) is 5.91 Å². The Morgan fingerprint density at radius 1 is 1.00 bits per heavy atom. The fourth-order valence-electron chi connectivity index (χ4n) is 3.21. The molecule has 0 radical (unpaired) electrons. The largest absolute Gasteiger partial charge is 0.322 e. The lowest BCUT2D eigenvalue weighted by molar-refractivity contribution is -0.118. The third-order valence-electron chi connectivity index (χ3n) is 4.97. The first-order valence-corrected chi connectivity index (χ1v) is 9.39. The number of aryl methyl sites for hydroxylation is 3. The van der Waals surface area contributed by atoms with E-state index in [1.165, 1.54) is 5.56 Å². The number of carbonyl (C=O) groups is 1. The Balaban J connectivity index is 2.03. The molecule has 0 bridgehead atoms. The molecule has 0 fully saturated rings. The van der Waals surface area contributed by atoms with Gasteiger partial charge in [0.1, 0.15) is 0 Å². The number of hydrogen-bond donors (Lipinski definition) is 1. The maximum Gasteiger partial charge on any atom is 0.253 e. The van der Waals surface area contributed by atoms with E-state index in [4.69, 9.17) is 0 Å². The predicted molar refractivity (Wildman–Crippen MR) is 111 cm³/mol. The van der Waals surface area contributed by atoms with Gasteiger partial charge in [-0.05, 0) is 73.5 Å². The van der Waals surface area contributed by atoms with Crippen LogP contribution in [0.2, 0.25) is 0 Å². The molecule has 0 aliphatic rings. The van der Waals surface area contributed by atoms with Crippen LogP contribution in [0.25, 0.3) is 10.9 Å². The molecule has 0 aliphatic carbocycles. The summed E-state index contributed by atoms with van der Waals surface area (Å²) in [5.41, 5.74) is 5.51. The van der Waals surface area contributed by atoms with Crippen molar-refractivity contribution in [1.82, 2.24) is 4.98 Å². The van der Waals surface area contributed by atoms with Crippen LogP contribution in [0.5, 0.6) is 0 Å². The lowest BCUT2D eigenvalue weighted by Crippen LogP contribution is -2.32. The molecule has 0 saturated heterocycles. The zero-order valence-corrected chi connectivity index (χ0v) is 16.4. The summed E-state index contributed by atoms with van der Waals surface area (Å²) in [5.74, 6) is 0.0316. The van der Waals surface area contributed by atoms with Gasteiger partial charge >= 0.3 is 0 Å². The number of nitrogens with one attached hydrogen (secondary N) is 1. The molecule has 1 aromatic heterocycles. The molecule has 1 N–H and O–H groups in total. The van der Waals surface area contributed by atoms with E-state index in [0.717, 1.165) is 34.1 Å². The number of pyridine rings is 1. The number of hydrogen-bond acceptors (Lipinski definition) is 2. The van der Waals surface area contributed by atoms with E-state index in [1.807, 2.05) is 70.2 Å². The van der Waals surface area contributed by atoms with E-state index >= 15 is 0 Å². The molecule has 0 atom stereocenters. The van der Waals surface area contributed by atoms with E-state index < -0.39 is 0 Å². The molecule has 0 spiro atoms. The zero-order valence-electron chi connectivity index (χ0n) is 16.4. The number of nitrogens with zero attached hydrogens (tertiary/aromatic N) is 1. The van der Waals surface area contributed by atoms with Crippen LogP contribution in [-0.4, -0.2) is 10.9 Å². The predicted octanol–water partition coefficient (Wildman–Crippen LogP) is 4.79. The molecular formula is C23H26N2O2. The fraction of sp³-hybridized carbons (Fsp3) is 0.304. The van der Waals surface area contributed by atoms with Gasteiger partial charge in [0.05, 0.1) is 6.54 Å². The molecule has 3 rings (SSSR count). The number of anilines is 1. The molecule has 4 heteroatoms. The van der Waals surface area contributed by atoms with Crippen molar-refractivity contribution in [1.29, 1.82) is 0 Å². The van der Waals surface area contributed by atoms with Crippen molar-refractivity contribution >= 4 is 22.5 Å². The van der Waals surface area contributed by atoms with Crippen molar-refractivity contribution in [3.05, 3.63) is 75.1 Å². The van der Waals surface area contributed by atoms with E-state index in [0.29, 0.717) is 12.0 Å². The topological polar surface area (TPSA) is 53.2 Å². The second-order valence-electron chi connectivity index (χ2n) is 7.21. The summed E-state index contributed by atoms with van der Waals surface area (Å²) in [6.45, 7) is 8.33. The van der Waals surface area contributed by atoms with Crippen LogP contribution < -0.4 is 10.5 Å². The molecule has 0 aliphatic heterocycles. The Kier molecular flexibility index (Phi) is 5.45. The molecule has 27 heavy (non-hydrogen) atoms. The monoisotopic (exact) mass is 362 g/mol. The Hall–Kier alpha value is -2.88. The van der Waals surface area contributed by atoms with Gasteiger partial charge in [0.25, 0.3) is 5.56 Å². The number of rotatable bonds is 5. The van der Waals surface area contributed by atoms with Gasteiger partial charge in [-0.15, -0.1) is 0 Å². The van der Waals surface area contributed by atoms with Crippen molar-refractivity contribution in [2.24, 2.45) is 0 Å². The summed E-state index contributed by atoms with van der Waals surface area (Å²) in [6, 6.07) is 13.9. The maximum absolute atomic E-state index is 12.8. The molecule has 2 aromatic carbocycles. The first-order valence-electron chi connectivity index (χ1n) is 9.39. The van der Waals surface area contributed by atoms with Crippen LogP contribution in [0, 0.1) is 20.8 Å². The second-order valence-corrected chi connectivity index (χ2v) is 7.21. The van der Waals surface area contributed by atoms with E-state index in [-0.39, 0.29) is 18.0 Å². The third-order valence-corrected chi connectivity index (χ3v) is 4.97. The summed E-state index contributed by atoms with van der Waals surface area (Å²) in [7, 11) is 0. The minimum Gasteiger partial charge on any atom is -0.322 e. The number of fused-ring (bicyclic) bond motifs is 1. The molecule has 3 aromatic rings. The number of benzene rings is 2. The molecule has 4 nitrogen and oxygen atoms in total. The third kappa shape index (κ3) is 4.11. The van der Waals surface area contributed by atoms with Crippen LogP contribution in [0.15, 0.2) is 47.3 Å². The molecular weight excluding hydrogens is 336 g/mol. The standard InChI is InChI=1S/C23H26N2O2/c1-5-6-22(26)25(20-10-8-16(3)17(4)12-20)14-19-13-18-9-7-15(2)11-21(18)24-23(19)27/h7-13H,5-6,14H2,1-4H3,(H,24,27). The molecule has 1 amide bonds. The quantitative estimate of drug-likeness (QED) is 0.710. The van der Waals surface area contributed by atoms with Crippen molar-refractivity contribution < 1.29 is 4.79 Å². The van der Waals surface area contributed by atoms with Crippen molar-refractivity contribution in [3.8, 4) is 0 Å². The van der Waals surface area contributed by atoms with Crippen LogP contribution >= 0.6 is 0 Å². The first-order chi connectivity index (χ1) is 12.9. The SMILES string of the molecule is CCCC(=O)N(Cc1cc2ccc(C)cc2[nH]c1=O)c1ccc(C)c(C)c1. The van der Waals surface area contributed by atoms with Crippen LogP contribution in [0.4, 0.5) is 5.69 Å². The lowest BCUT2D eigenvalue weighted by Gasteiger charge is -2.23. The summed E-state index contributed by atoms with van der Waals surface area (Å²) >= 11 is 0. The average molecular weight is 362 g/mol. The van der Waals surface area contributed by atoms with Crippen LogP contribution in [0.1, 0.15) is 42.0 Å². The highest BCUT2D eigenvalue weighted by Gasteiger charge is 2.18. The molecule has 0 saturated carbocycles. The van der Waals surface area contributed by atoms with Gasteiger partial charge in [-0.2, -0.15) is 0 Å². The van der Waals surface area contributed by atoms with E-state index in [1.54, 1.807) is 4.90 Å². The summed E-state index contributed by atoms with van der Waals surface area (Å²) in [5, 5.41) is 0.971. The normalized spacial score (nSPS) is 11.0. The Labute approximate surface area is 159 Å². The lowest BCUT2D eigenvalue weighted by atomic mass is 10.1. The minimum absolute atomic E-state index is 0.0316. The highest BCUT2D eigenvalue weighted by Crippen LogP contribution is 2.22. The Bertz CT molecular complexity index is 1050. The van der Waals surface area contributed by atoms with Gasteiger partial charge in [0.15, 0.2) is 0 Å². The van der Waals surface area contributed by atoms with Crippen molar-refractivity contribution in [2.45, 2.75) is 47.1 Å². The van der Waals surface area contributed by atoms with Gasteiger partial charge < -0.3 is 9.88 Å². The summed E-state index contributed by atoms with van der Waals surface area (Å²) in [4.78, 5) is 30.1. The van der Waals surface area contributed by atoms with E-state index in [2.05, 4.69) is 4.98 Å². The number of aromatic nitrogens is 1. The average Bonchev–Trinajstić information content (AvgIpc) is 2.62. The highest BCUT2D eigenvalue weighted by atomic mass is 16.2. The van der Waals surface area contributed by atoms with Gasteiger partial charge in [-0.25, -0.2) is 0 Å². The first kappa shape index (κ1) is 18.9. The number of H-pyrrole nitrogens is 1. The Morgan fingerprint density at radius 2 is 1.78 bits per heavy atom. The number of aromatic amines is 1. The molecule has 1 heterocycles. The molecule has 0 unspecified atom stereocenters. The number of amides is 1. The second kappa shape index (κ2) is 7.78. The number of carbonyl (C=O) groups excluding carboxylic acids is 1. The zero-order chi connectivity index (χ0) is 19.6. The van der Waals surface area contributed by atoms with Crippen molar-refractivity contribution in [3.63, 3.8) is 0 Å². The van der Waals surface area contributed by atoms with Gasteiger partial charge in [0, 0.05) is 23.2 Å². The highest BCUT2D eigenvalue weighted by molar-refractivity contribution is 5.93. The smallest absolute Gasteiger partial charge is 0.253 e. The van der Waals surface area contributed by atoms with Crippen LogP contribution in [-0.2, 0) is 11.3 Å². The fourth-order valence-corrected chi connectivity index (χ4v) is 3.21. The Morgan fingerprint density at radius 3 is 2.48 bits per heavy atom.